The molecule has 0 aromatic rings. The summed E-state index contributed by atoms with van der Waals surface area (Å²) in [6.45, 7) is 8.25. The van der Waals surface area contributed by atoms with Gasteiger partial charge in [-0.15, -0.1) is 0 Å². The van der Waals surface area contributed by atoms with E-state index in [1.54, 1.807) is 0 Å². The minimum absolute atomic E-state index is 0.0562. The molecule has 1 rings (SSSR count). The Morgan fingerprint density at radius 1 is 1.00 bits per heavy atom. The number of unbranched alkanes of at least 4 members (excludes halogenated alkanes) is 2. The van der Waals surface area contributed by atoms with E-state index in [9.17, 15) is 19.8 Å². The van der Waals surface area contributed by atoms with E-state index in [0.717, 1.165) is 45.7 Å². The van der Waals surface area contributed by atoms with Crippen LogP contribution in [-0.2, 0) is 14.3 Å². The predicted octanol–water partition coefficient (Wildman–Crippen LogP) is 2.39. The van der Waals surface area contributed by atoms with Gasteiger partial charge in [0, 0.05) is 24.2 Å². The molecule has 1 fully saturated rings. The summed E-state index contributed by atoms with van der Waals surface area (Å²) in [5, 5.41) is 18.6. The summed E-state index contributed by atoms with van der Waals surface area (Å²) < 4.78 is 5.30. The molecule has 132 valence electrons. The maximum Gasteiger partial charge on any atom is 0.332 e. The number of hydrogen-bond donors (Lipinski definition) is 2. The molecule has 1 heterocycles. The second-order valence-electron chi connectivity index (χ2n) is 6.43. The third-order valence-corrected chi connectivity index (χ3v) is 4.00. The molecule has 0 bridgehead atoms. The van der Waals surface area contributed by atoms with Gasteiger partial charge in [-0.1, -0.05) is 20.3 Å². The van der Waals surface area contributed by atoms with Crippen LogP contribution >= 0.6 is 0 Å². The van der Waals surface area contributed by atoms with Crippen molar-refractivity contribution in [3.63, 3.8) is 0 Å². The predicted molar refractivity (Wildman–Crippen MR) is 87.5 cm³/mol. The zero-order chi connectivity index (χ0) is 17.2. The lowest BCUT2D eigenvalue weighted by Gasteiger charge is -2.26. The first kappa shape index (κ1) is 19.6. The molecule has 0 radical (unpaired) electrons. The normalized spacial score (nSPS) is 17.2. The van der Waals surface area contributed by atoms with Crippen molar-refractivity contribution in [3.05, 3.63) is 11.1 Å². The van der Waals surface area contributed by atoms with Crippen molar-refractivity contribution in [2.45, 2.75) is 46.0 Å². The first-order valence-corrected chi connectivity index (χ1v) is 8.40. The van der Waals surface area contributed by atoms with Gasteiger partial charge in [-0.2, -0.15) is 0 Å². The van der Waals surface area contributed by atoms with Gasteiger partial charge in [0.1, 0.15) is 0 Å². The molecule has 1 aliphatic rings. The van der Waals surface area contributed by atoms with E-state index in [1.807, 2.05) is 13.8 Å². The van der Waals surface area contributed by atoms with Crippen LogP contribution in [0.4, 0.5) is 0 Å². The summed E-state index contributed by atoms with van der Waals surface area (Å²) >= 11 is 0. The fraction of sp³-hybridized carbons (Fsp3) is 0.765. The highest BCUT2D eigenvalue weighted by molar-refractivity contribution is 5.98. The van der Waals surface area contributed by atoms with Gasteiger partial charge in [0.25, 0.3) is 0 Å². The van der Waals surface area contributed by atoms with E-state index < -0.39 is 11.9 Å². The molecule has 0 spiro atoms. The Hall–Kier alpha value is -1.40. The lowest BCUT2D eigenvalue weighted by Crippen LogP contribution is -2.36. The first-order chi connectivity index (χ1) is 10.9. The number of carboxylic acid groups (broad SMARTS) is 2. The molecule has 1 aliphatic heterocycles. The van der Waals surface area contributed by atoms with Crippen molar-refractivity contribution < 1.29 is 24.5 Å². The van der Waals surface area contributed by atoms with Crippen LogP contribution in [0.25, 0.3) is 0 Å². The molecule has 0 saturated carbocycles. The number of carbonyl (C=O) groups is 2. The Morgan fingerprint density at radius 3 is 2.13 bits per heavy atom. The minimum Gasteiger partial charge on any atom is -0.478 e. The Balaban J connectivity index is 2.45. The monoisotopic (exact) mass is 327 g/mol. The van der Waals surface area contributed by atoms with E-state index in [-0.39, 0.29) is 17.1 Å². The van der Waals surface area contributed by atoms with Crippen LogP contribution < -0.4 is 0 Å². The van der Waals surface area contributed by atoms with Crippen LogP contribution in [0.5, 0.6) is 0 Å². The Labute approximate surface area is 138 Å². The van der Waals surface area contributed by atoms with Crippen molar-refractivity contribution in [2.24, 2.45) is 5.92 Å². The van der Waals surface area contributed by atoms with Crippen LogP contribution in [0.2, 0.25) is 0 Å². The van der Waals surface area contributed by atoms with Gasteiger partial charge in [0.05, 0.1) is 13.2 Å². The van der Waals surface area contributed by atoms with Crippen LogP contribution in [-0.4, -0.2) is 59.9 Å². The molecule has 6 nitrogen and oxygen atoms in total. The van der Waals surface area contributed by atoms with Crippen molar-refractivity contribution in [2.75, 3.05) is 32.8 Å². The quantitative estimate of drug-likeness (QED) is 0.473. The Morgan fingerprint density at radius 2 is 1.61 bits per heavy atom. The smallest absolute Gasteiger partial charge is 0.332 e. The number of hydrogen-bond acceptors (Lipinski definition) is 4. The van der Waals surface area contributed by atoms with Crippen LogP contribution in [0.3, 0.4) is 0 Å². The summed E-state index contributed by atoms with van der Waals surface area (Å²) in [5.41, 5.74) is 0.123. The van der Waals surface area contributed by atoms with E-state index >= 15 is 0 Å². The highest BCUT2D eigenvalue weighted by Gasteiger charge is 2.20. The van der Waals surface area contributed by atoms with Crippen molar-refractivity contribution >= 4 is 11.9 Å². The largest absolute Gasteiger partial charge is 0.478 e. The van der Waals surface area contributed by atoms with Gasteiger partial charge in [-0.3, -0.25) is 4.90 Å². The zero-order valence-corrected chi connectivity index (χ0v) is 14.2. The van der Waals surface area contributed by atoms with E-state index in [2.05, 4.69) is 4.90 Å². The lowest BCUT2D eigenvalue weighted by atomic mass is 9.94. The van der Waals surface area contributed by atoms with E-state index in [0.29, 0.717) is 19.3 Å². The number of rotatable bonds is 10. The fourth-order valence-electron chi connectivity index (χ4n) is 2.77. The third-order valence-electron chi connectivity index (χ3n) is 4.00. The molecular weight excluding hydrogens is 298 g/mol. The molecule has 23 heavy (non-hydrogen) atoms. The summed E-state index contributed by atoms with van der Waals surface area (Å²) in [5.74, 6) is -2.09. The Bertz CT molecular complexity index is 425. The molecule has 0 amide bonds. The molecule has 0 aliphatic carbocycles. The molecule has 0 atom stereocenters. The summed E-state index contributed by atoms with van der Waals surface area (Å²) in [7, 11) is 0. The number of morpholine rings is 1. The van der Waals surface area contributed by atoms with Crippen molar-refractivity contribution in [1.82, 2.24) is 4.90 Å². The zero-order valence-electron chi connectivity index (χ0n) is 14.2. The van der Waals surface area contributed by atoms with Gasteiger partial charge >= 0.3 is 11.9 Å². The summed E-state index contributed by atoms with van der Waals surface area (Å²) in [6, 6.07) is 0. The maximum absolute atomic E-state index is 11.4. The second kappa shape index (κ2) is 10.4. The number of aliphatic carboxylic acids is 2. The lowest BCUT2D eigenvalue weighted by molar-refractivity contribution is -0.136. The van der Waals surface area contributed by atoms with Gasteiger partial charge in [0.15, 0.2) is 0 Å². The molecule has 2 N–H and O–H groups in total. The van der Waals surface area contributed by atoms with Crippen molar-refractivity contribution in [3.8, 4) is 0 Å². The number of ether oxygens (including phenoxy) is 1. The second-order valence-corrected chi connectivity index (χ2v) is 6.43. The SMILES string of the molecule is CC(C)CC(C(=O)O)=C(CCCCCN1CCOCC1)C(=O)O. The van der Waals surface area contributed by atoms with Gasteiger partial charge in [0.2, 0.25) is 0 Å². The van der Waals surface area contributed by atoms with Crippen LogP contribution in [0, 0.1) is 5.92 Å². The highest BCUT2D eigenvalue weighted by Crippen LogP contribution is 2.21. The first-order valence-electron chi connectivity index (χ1n) is 8.40. The van der Waals surface area contributed by atoms with Crippen LogP contribution in [0.15, 0.2) is 11.1 Å². The third kappa shape index (κ3) is 7.61. The van der Waals surface area contributed by atoms with Gasteiger partial charge < -0.3 is 14.9 Å². The molecule has 0 unspecified atom stereocenters. The average molecular weight is 327 g/mol. The van der Waals surface area contributed by atoms with E-state index in [4.69, 9.17) is 4.74 Å². The van der Waals surface area contributed by atoms with Crippen molar-refractivity contribution in [1.29, 1.82) is 0 Å². The maximum atomic E-state index is 11.4. The highest BCUT2D eigenvalue weighted by atomic mass is 16.5. The molecule has 0 aromatic carbocycles. The average Bonchev–Trinajstić information content (AvgIpc) is 2.49. The molecule has 1 saturated heterocycles. The minimum atomic E-state index is -1.11. The summed E-state index contributed by atoms with van der Waals surface area (Å²) in [4.78, 5) is 25.1. The van der Waals surface area contributed by atoms with Gasteiger partial charge in [-0.25, -0.2) is 9.59 Å². The summed E-state index contributed by atoms with van der Waals surface area (Å²) in [6.07, 6.45) is 3.24. The number of carboxylic acids is 2. The molecule has 6 heteroatoms. The fourth-order valence-corrected chi connectivity index (χ4v) is 2.77. The Kier molecular flexibility index (Phi) is 8.87. The number of nitrogens with zero attached hydrogens (tertiary/aromatic N) is 1. The molecule has 0 aromatic heterocycles. The molecular formula is C17H29NO5. The standard InChI is InChI=1S/C17H29NO5/c1-13(2)12-15(17(21)22)14(16(19)20)6-4-3-5-7-18-8-10-23-11-9-18/h13H,3-12H2,1-2H3,(H,19,20)(H,21,22). The van der Waals surface area contributed by atoms with Crippen LogP contribution in [0.1, 0.15) is 46.0 Å². The van der Waals surface area contributed by atoms with E-state index in [1.165, 1.54) is 0 Å². The van der Waals surface area contributed by atoms with Gasteiger partial charge in [-0.05, 0) is 38.1 Å². The topological polar surface area (TPSA) is 87.1 Å².